The van der Waals surface area contributed by atoms with Gasteiger partial charge in [0.2, 0.25) is 0 Å². The van der Waals surface area contributed by atoms with Crippen molar-refractivity contribution in [2.75, 3.05) is 13.1 Å². The van der Waals surface area contributed by atoms with Crippen LogP contribution in [0.1, 0.15) is 29.6 Å². The number of carbonyl (C=O) groups excluding carboxylic acids is 1. The molecular formula is C11H12ClN3O3. The van der Waals surface area contributed by atoms with Gasteiger partial charge in [-0.25, -0.2) is 4.98 Å². The van der Waals surface area contributed by atoms with Gasteiger partial charge in [-0.2, -0.15) is 0 Å². The minimum atomic E-state index is -0.611. The van der Waals surface area contributed by atoms with E-state index in [9.17, 15) is 14.9 Å². The molecule has 7 heteroatoms. The fourth-order valence-corrected chi connectivity index (χ4v) is 2.16. The van der Waals surface area contributed by atoms with Gasteiger partial charge in [0, 0.05) is 13.1 Å². The number of rotatable bonds is 2. The molecule has 1 fully saturated rings. The summed E-state index contributed by atoms with van der Waals surface area (Å²) in [6.07, 6.45) is 3.97. The van der Waals surface area contributed by atoms with Crippen LogP contribution in [0.2, 0.25) is 5.15 Å². The van der Waals surface area contributed by atoms with E-state index in [-0.39, 0.29) is 22.3 Å². The molecule has 1 aromatic rings. The molecule has 0 bridgehead atoms. The Kier molecular flexibility index (Phi) is 3.76. The lowest BCUT2D eigenvalue weighted by atomic mass is 10.1. The van der Waals surface area contributed by atoms with Gasteiger partial charge in [-0.3, -0.25) is 14.9 Å². The van der Waals surface area contributed by atoms with E-state index in [1.807, 2.05) is 0 Å². The monoisotopic (exact) mass is 269 g/mol. The molecule has 1 aromatic heterocycles. The number of hydrogen-bond acceptors (Lipinski definition) is 4. The standard InChI is InChI=1S/C11H12ClN3O3/c12-10-6-8(9(7-13-10)15(17)18)11(16)14-4-2-1-3-5-14/h6-7H,1-5H2. The van der Waals surface area contributed by atoms with Crippen LogP contribution < -0.4 is 0 Å². The molecule has 96 valence electrons. The van der Waals surface area contributed by atoms with Crippen LogP contribution >= 0.6 is 11.6 Å². The predicted octanol–water partition coefficient (Wildman–Crippen LogP) is 2.27. The summed E-state index contributed by atoms with van der Waals surface area (Å²) in [6.45, 7) is 1.27. The van der Waals surface area contributed by atoms with Crippen molar-refractivity contribution in [3.05, 3.63) is 33.1 Å². The Morgan fingerprint density at radius 1 is 1.39 bits per heavy atom. The van der Waals surface area contributed by atoms with Gasteiger partial charge in [0.25, 0.3) is 11.6 Å². The molecule has 0 unspecified atom stereocenters. The van der Waals surface area contributed by atoms with Crippen molar-refractivity contribution < 1.29 is 9.72 Å². The molecule has 0 aromatic carbocycles. The van der Waals surface area contributed by atoms with E-state index in [1.54, 1.807) is 4.90 Å². The summed E-state index contributed by atoms with van der Waals surface area (Å²) in [4.78, 5) is 27.7. The topological polar surface area (TPSA) is 76.3 Å². The Labute approximate surface area is 109 Å². The number of carbonyl (C=O) groups is 1. The van der Waals surface area contributed by atoms with Gasteiger partial charge >= 0.3 is 0 Å². The number of pyridine rings is 1. The lowest BCUT2D eigenvalue weighted by molar-refractivity contribution is -0.385. The molecule has 1 saturated heterocycles. The first kappa shape index (κ1) is 12.8. The average Bonchev–Trinajstić information content (AvgIpc) is 2.38. The van der Waals surface area contributed by atoms with E-state index in [2.05, 4.69) is 4.98 Å². The zero-order chi connectivity index (χ0) is 13.1. The highest BCUT2D eigenvalue weighted by molar-refractivity contribution is 6.29. The minimum Gasteiger partial charge on any atom is -0.338 e. The maximum absolute atomic E-state index is 12.2. The van der Waals surface area contributed by atoms with Crippen molar-refractivity contribution in [3.63, 3.8) is 0 Å². The van der Waals surface area contributed by atoms with E-state index in [1.165, 1.54) is 6.07 Å². The quantitative estimate of drug-likeness (QED) is 0.469. The molecule has 2 heterocycles. The van der Waals surface area contributed by atoms with Crippen LogP contribution in [0, 0.1) is 10.1 Å². The first-order chi connectivity index (χ1) is 8.59. The summed E-state index contributed by atoms with van der Waals surface area (Å²) >= 11 is 5.70. The van der Waals surface area contributed by atoms with Crippen molar-refractivity contribution >= 4 is 23.2 Å². The zero-order valence-electron chi connectivity index (χ0n) is 9.63. The molecule has 0 N–H and O–H groups in total. The van der Waals surface area contributed by atoms with Gasteiger partial charge in [-0.1, -0.05) is 11.6 Å². The molecule has 6 nitrogen and oxygen atoms in total. The predicted molar refractivity (Wildman–Crippen MR) is 65.7 cm³/mol. The van der Waals surface area contributed by atoms with Gasteiger partial charge in [0.1, 0.15) is 16.9 Å². The van der Waals surface area contributed by atoms with Gasteiger partial charge in [-0.05, 0) is 25.3 Å². The number of nitro groups is 1. The largest absolute Gasteiger partial charge is 0.338 e. The van der Waals surface area contributed by atoms with Crippen molar-refractivity contribution in [1.29, 1.82) is 0 Å². The maximum atomic E-state index is 12.2. The number of piperidine rings is 1. The second kappa shape index (κ2) is 5.30. The normalized spacial score (nSPS) is 15.5. The van der Waals surface area contributed by atoms with Crippen molar-refractivity contribution in [3.8, 4) is 0 Å². The van der Waals surface area contributed by atoms with Gasteiger partial charge < -0.3 is 4.90 Å². The third kappa shape index (κ3) is 2.59. The Morgan fingerprint density at radius 2 is 2.06 bits per heavy atom. The van der Waals surface area contributed by atoms with Crippen LogP contribution in [0.3, 0.4) is 0 Å². The van der Waals surface area contributed by atoms with Gasteiger partial charge in [-0.15, -0.1) is 0 Å². The van der Waals surface area contributed by atoms with E-state index >= 15 is 0 Å². The maximum Gasteiger partial charge on any atom is 0.300 e. The number of aromatic nitrogens is 1. The Balaban J connectivity index is 2.33. The molecule has 0 spiro atoms. The highest BCUT2D eigenvalue weighted by atomic mass is 35.5. The fourth-order valence-electron chi connectivity index (χ4n) is 2.01. The molecule has 2 rings (SSSR count). The Morgan fingerprint density at radius 3 is 2.67 bits per heavy atom. The number of likely N-dealkylation sites (tertiary alicyclic amines) is 1. The first-order valence-electron chi connectivity index (χ1n) is 5.69. The second-order valence-corrected chi connectivity index (χ2v) is 4.52. The first-order valence-corrected chi connectivity index (χ1v) is 6.06. The van der Waals surface area contributed by atoms with Gasteiger partial charge in [0.05, 0.1) is 4.92 Å². The van der Waals surface area contributed by atoms with E-state index in [4.69, 9.17) is 11.6 Å². The molecule has 0 radical (unpaired) electrons. The molecule has 0 atom stereocenters. The molecule has 1 aliphatic rings. The van der Waals surface area contributed by atoms with Crippen LogP contribution in [-0.2, 0) is 0 Å². The van der Waals surface area contributed by atoms with E-state index in [0.717, 1.165) is 25.5 Å². The lowest BCUT2D eigenvalue weighted by Crippen LogP contribution is -2.35. The third-order valence-electron chi connectivity index (χ3n) is 2.92. The summed E-state index contributed by atoms with van der Waals surface area (Å²) in [6, 6.07) is 1.26. The summed E-state index contributed by atoms with van der Waals surface area (Å²) in [7, 11) is 0. The van der Waals surface area contributed by atoms with Crippen LogP contribution in [0.4, 0.5) is 5.69 Å². The molecule has 1 amide bonds. The fraction of sp³-hybridized carbons (Fsp3) is 0.455. The second-order valence-electron chi connectivity index (χ2n) is 4.13. The van der Waals surface area contributed by atoms with Crippen molar-refractivity contribution in [1.82, 2.24) is 9.88 Å². The smallest absolute Gasteiger partial charge is 0.300 e. The van der Waals surface area contributed by atoms with Crippen molar-refractivity contribution in [2.24, 2.45) is 0 Å². The van der Waals surface area contributed by atoms with Crippen LogP contribution in [0.15, 0.2) is 12.3 Å². The highest BCUT2D eigenvalue weighted by Crippen LogP contribution is 2.23. The van der Waals surface area contributed by atoms with Crippen molar-refractivity contribution in [2.45, 2.75) is 19.3 Å². The molecular weight excluding hydrogens is 258 g/mol. The summed E-state index contributed by atoms with van der Waals surface area (Å²) in [5.74, 6) is -0.342. The number of hydrogen-bond donors (Lipinski definition) is 0. The number of halogens is 1. The van der Waals surface area contributed by atoms with Crippen LogP contribution in [0.25, 0.3) is 0 Å². The minimum absolute atomic E-state index is 0.0156. The van der Waals surface area contributed by atoms with E-state index < -0.39 is 4.92 Å². The van der Waals surface area contributed by atoms with E-state index in [0.29, 0.717) is 13.1 Å². The molecule has 18 heavy (non-hydrogen) atoms. The molecule has 1 aliphatic heterocycles. The number of nitrogens with zero attached hydrogens (tertiary/aromatic N) is 3. The zero-order valence-corrected chi connectivity index (χ0v) is 10.4. The SMILES string of the molecule is O=C(c1cc(Cl)ncc1[N+](=O)[O-])N1CCCCC1. The summed E-state index contributed by atoms with van der Waals surface area (Å²) < 4.78 is 0. The summed E-state index contributed by atoms with van der Waals surface area (Å²) in [5, 5.41) is 11.0. The average molecular weight is 270 g/mol. The highest BCUT2D eigenvalue weighted by Gasteiger charge is 2.26. The van der Waals surface area contributed by atoms with Crippen LogP contribution in [-0.4, -0.2) is 33.8 Å². The van der Waals surface area contributed by atoms with Crippen LogP contribution in [0.5, 0.6) is 0 Å². The van der Waals surface area contributed by atoms with Gasteiger partial charge in [0.15, 0.2) is 0 Å². The Hall–Kier alpha value is -1.69. The lowest BCUT2D eigenvalue weighted by Gasteiger charge is -2.26. The third-order valence-corrected chi connectivity index (χ3v) is 3.13. The molecule has 0 saturated carbocycles. The summed E-state index contributed by atoms with van der Waals surface area (Å²) in [5.41, 5.74) is -0.281. The molecule has 0 aliphatic carbocycles. The Bertz CT molecular complexity index is 486. The number of amides is 1.